The molecule has 0 N–H and O–H groups in total. The highest BCUT2D eigenvalue weighted by Gasteiger charge is 2.00. The van der Waals surface area contributed by atoms with Gasteiger partial charge in [0.05, 0.1) is 5.52 Å². The first-order valence-corrected chi connectivity index (χ1v) is 6.03. The lowest BCUT2D eigenvalue weighted by atomic mass is 10.3. The number of fused-ring (bicyclic) bond motifs is 1. The predicted octanol–water partition coefficient (Wildman–Crippen LogP) is 3.33. The van der Waals surface area contributed by atoms with E-state index in [1.54, 1.807) is 11.3 Å². The average molecular weight is 229 g/mol. The Hall–Kier alpha value is -1.74. The molecule has 0 saturated heterocycles. The van der Waals surface area contributed by atoms with Crippen molar-refractivity contribution in [2.24, 2.45) is 0 Å². The molecule has 3 aromatic rings. The molecule has 3 rings (SSSR count). The summed E-state index contributed by atoms with van der Waals surface area (Å²) in [5.41, 5.74) is 1.11. The number of hydrogen-bond acceptors (Lipinski definition) is 2. The van der Waals surface area contributed by atoms with E-state index in [-0.39, 0.29) is 0 Å². The van der Waals surface area contributed by atoms with Crippen LogP contribution >= 0.6 is 11.3 Å². The van der Waals surface area contributed by atoms with Gasteiger partial charge in [0.2, 0.25) is 0 Å². The summed E-state index contributed by atoms with van der Waals surface area (Å²) in [5.74, 6) is 0. The molecular weight excluding hydrogens is 218 g/mol. The van der Waals surface area contributed by atoms with Gasteiger partial charge in [0.1, 0.15) is 6.61 Å². The van der Waals surface area contributed by atoms with Crippen LogP contribution in [0.1, 0.15) is 4.88 Å². The minimum atomic E-state index is 0.621. The second kappa shape index (κ2) is 4.02. The van der Waals surface area contributed by atoms with Crippen molar-refractivity contribution in [1.82, 2.24) is 4.73 Å². The molecule has 1 aromatic carbocycles. The van der Waals surface area contributed by atoms with E-state index in [2.05, 4.69) is 29.6 Å². The van der Waals surface area contributed by atoms with Crippen molar-refractivity contribution in [3.8, 4) is 0 Å². The highest BCUT2D eigenvalue weighted by atomic mass is 32.1. The fraction of sp³-hybridized carbons (Fsp3) is 0.0769. The third-order valence-electron chi connectivity index (χ3n) is 2.49. The molecule has 16 heavy (non-hydrogen) atoms. The van der Waals surface area contributed by atoms with Crippen molar-refractivity contribution < 1.29 is 4.84 Å². The van der Waals surface area contributed by atoms with E-state index >= 15 is 0 Å². The zero-order chi connectivity index (χ0) is 10.8. The van der Waals surface area contributed by atoms with Crippen molar-refractivity contribution in [2.75, 3.05) is 0 Å². The number of benzene rings is 1. The summed E-state index contributed by atoms with van der Waals surface area (Å²) in [6.07, 6.45) is 1.96. The van der Waals surface area contributed by atoms with Gasteiger partial charge in [-0.3, -0.25) is 0 Å². The molecule has 2 aromatic heterocycles. The largest absolute Gasteiger partial charge is 0.408 e. The van der Waals surface area contributed by atoms with Crippen molar-refractivity contribution in [3.63, 3.8) is 0 Å². The Balaban J connectivity index is 1.84. The molecular formula is C13H11NOS. The minimum absolute atomic E-state index is 0.621. The van der Waals surface area contributed by atoms with E-state index in [4.69, 9.17) is 4.84 Å². The van der Waals surface area contributed by atoms with Gasteiger partial charge in [-0.1, -0.05) is 24.3 Å². The van der Waals surface area contributed by atoms with E-state index in [0.29, 0.717) is 6.61 Å². The van der Waals surface area contributed by atoms with E-state index in [1.165, 1.54) is 10.3 Å². The Bertz CT molecular complexity index is 583. The van der Waals surface area contributed by atoms with Gasteiger partial charge in [0, 0.05) is 16.5 Å². The molecule has 0 radical (unpaired) electrons. The van der Waals surface area contributed by atoms with Crippen LogP contribution in [0.15, 0.2) is 54.0 Å². The molecule has 80 valence electrons. The first-order valence-electron chi connectivity index (χ1n) is 5.15. The first-order chi connectivity index (χ1) is 7.93. The zero-order valence-corrected chi connectivity index (χ0v) is 9.48. The van der Waals surface area contributed by atoms with Crippen molar-refractivity contribution in [2.45, 2.75) is 6.61 Å². The Morgan fingerprint density at radius 3 is 2.88 bits per heavy atom. The molecule has 0 aliphatic rings. The summed E-state index contributed by atoms with van der Waals surface area (Å²) in [7, 11) is 0. The molecule has 0 fully saturated rings. The number of hydrogen-bond donors (Lipinski definition) is 0. The van der Waals surface area contributed by atoms with Crippen LogP contribution in [0, 0.1) is 0 Å². The number of para-hydroxylation sites is 1. The van der Waals surface area contributed by atoms with Gasteiger partial charge < -0.3 is 4.84 Å². The van der Waals surface area contributed by atoms with E-state index in [0.717, 1.165) is 5.52 Å². The Morgan fingerprint density at radius 1 is 1.06 bits per heavy atom. The lowest BCUT2D eigenvalue weighted by Gasteiger charge is -2.06. The third-order valence-corrected chi connectivity index (χ3v) is 3.34. The Kier molecular flexibility index (Phi) is 2.38. The van der Waals surface area contributed by atoms with Crippen molar-refractivity contribution in [3.05, 3.63) is 58.9 Å². The monoisotopic (exact) mass is 229 g/mol. The summed E-state index contributed by atoms with van der Waals surface area (Å²) in [4.78, 5) is 6.96. The molecule has 0 amide bonds. The Morgan fingerprint density at radius 2 is 2.00 bits per heavy atom. The van der Waals surface area contributed by atoms with Crippen LogP contribution in [0.4, 0.5) is 0 Å². The number of rotatable bonds is 3. The van der Waals surface area contributed by atoms with Crippen molar-refractivity contribution >= 4 is 22.2 Å². The smallest absolute Gasteiger partial charge is 0.149 e. The lowest BCUT2D eigenvalue weighted by Crippen LogP contribution is -2.08. The second-order valence-electron chi connectivity index (χ2n) is 3.55. The zero-order valence-electron chi connectivity index (χ0n) is 8.67. The number of aromatic nitrogens is 1. The van der Waals surface area contributed by atoms with Gasteiger partial charge in [-0.15, -0.1) is 11.3 Å². The Labute approximate surface area is 97.7 Å². The van der Waals surface area contributed by atoms with Crippen LogP contribution in [0.3, 0.4) is 0 Å². The molecule has 3 heteroatoms. The van der Waals surface area contributed by atoms with Gasteiger partial charge in [-0.25, -0.2) is 0 Å². The maximum Gasteiger partial charge on any atom is 0.149 e. The summed E-state index contributed by atoms with van der Waals surface area (Å²) >= 11 is 1.71. The molecule has 0 atom stereocenters. The first kappa shape index (κ1) is 9.48. The summed E-state index contributed by atoms with van der Waals surface area (Å²) in [6, 6.07) is 14.4. The molecule has 0 spiro atoms. The lowest BCUT2D eigenvalue weighted by molar-refractivity contribution is 0.109. The summed E-state index contributed by atoms with van der Waals surface area (Å²) in [6.45, 7) is 0.621. The summed E-state index contributed by atoms with van der Waals surface area (Å²) in [5, 5.41) is 3.26. The SMILES string of the molecule is c1csc(COn2ccc3ccccc32)c1. The molecule has 0 saturated carbocycles. The molecule has 0 unspecified atom stereocenters. The fourth-order valence-corrected chi connectivity index (χ4v) is 2.31. The predicted molar refractivity (Wildman–Crippen MR) is 66.5 cm³/mol. The van der Waals surface area contributed by atoms with Crippen LogP contribution in [0.25, 0.3) is 10.9 Å². The third kappa shape index (κ3) is 1.70. The molecule has 0 bridgehead atoms. The van der Waals surface area contributed by atoms with Crippen LogP contribution < -0.4 is 4.84 Å². The van der Waals surface area contributed by atoms with Gasteiger partial charge >= 0.3 is 0 Å². The minimum Gasteiger partial charge on any atom is -0.408 e. The van der Waals surface area contributed by atoms with Crippen molar-refractivity contribution in [1.29, 1.82) is 0 Å². The quantitative estimate of drug-likeness (QED) is 0.672. The highest BCUT2D eigenvalue weighted by molar-refractivity contribution is 7.09. The van der Waals surface area contributed by atoms with Gasteiger partial charge in [-0.05, 0) is 23.6 Å². The average Bonchev–Trinajstić information content (AvgIpc) is 2.96. The van der Waals surface area contributed by atoms with Crippen LogP contribution in [-0.2, 0) is 6.61 Å². The normalized spacial score (nSPS) is 10.8. The molecule has 2 nitrogen and oxygen atoms in total. The number of nitrogens with zero attached hydrogens (tertiary/aromatic N) is 1. The van der Waals surface area contributed by atoms with E-state index < -0.39 is 0 Å². The van der Waals surface area contributed by atoms with Gasteiger partial charge in [0.15, 0.2) is 0 Å². The molecule has 0 aliphatic carbocycles. The summed E-state index contributed by atoms with van der Waals surface area (Å²) < 4.78 is 1.83. The maximum atomic E-state index is 5.73. The molecule has 2 heterocycles. The van der Waals surface area contributed by atoms with E-state index in [1.807, 2.05) is 29.1 Å². The van der Waals surface area contributed by atoms with Crippen LogP contribution in [0.5, 0.6) is 0 Å². The number of thiophene rings is 1. The van der Waals surface area contributed by atoms with Gasteiger partial charge in [-0.2, -0.15) is 4.73 Å². The maximum absolute atomic E-state index is 5.73. The van der Waals surface area contributed by atoms with Gasteiger partial charge in [0.25, 0.3) is 0 Å². The standard InChI is InChI=1S/C13H11NOS/c1-2-6-13-11(4-1)7-8-14(13)15-10-12-5-3-9-16-12/h1-9H,10H2. The van der Waals surface area contributed by atoms with E-state index in [9.17, 15) is 0 Å². The van der Waals surface area contributed by atoms with Crippen LogP contribution in [0.2, 0.25) is 0 Å². The fourth-order valence-electron chi connectivity index (χ4n) is 1.70. The van der Waals surface area contributed by atoms with Crippen LogP contribution in [-0.4, -0.2) is 4.73 Å². The second-order valence-corrected chi connectivity index (χ2v) is 4.59. The highest BCUT2D eigenvalue weighted by Crippen LogP contribution is 2.15. The topological polar surface area (TPSA) is 14.2 Å². The molecule has 0 aliphatic heterocycles.